The molecule has 2 aliphatic carbocycles. The van der Waals surface area contributed by atoms with Crippen LogP contribution in [0.3, 0.4) is 0 Å². The molecule has 7 heteroatoms. The predicted octanol–water partition coefficient (Wildman–Crippen LogP) is 3.11. The highest BCUT2D eigenvalue weighted by atomic mass is 19.1. The number of carbonyl (C=O) groups is 2. The largest absolute Gasteiger partial charge is 0.497 e. The van der Waals surface area contributed by atoms with Crippen LogP contribution in [0.5, 0.6) is 5.75 Å². The first-order valence-electron chi connectivity index (χ1n) is 10.9. The zero-order valence-corrected chi connectivity index (χ0v) is 18.3. The third-order valence-electron chi connectivity index (χ3n) is 6.92. The monoisotopic (exact) mass is 419 g/mol. The quantitative estimate of drug-likeness (QED) is 0.679. The van der Waals surface area contributed by atoms with E-state index in [9.17, 15) is 14.0 Å². The molecule has 30 heavy (non-hydrogen) atoms. The number of nitrogens with one attached hydrogen (secondary N) is 2. The number of ether oxygens (including phenoxy) is 1. The van der Waals surface area contributed by atoms with E-state index in [1.807, 2.05) is 11.9 Å². The minimum absolute atomic E-state index is 0.0420. The van der Waals surface area contributed by atoms with Crippen LogP contribution in [0.4, 0.5) is 4.39 Å². The van der Waals surface area contributed by atoms with E-state index < -0.39 is 5.82 Å². The molecule has 1 aromatic carbocycles. The minimum atomic E-state index is -0.488. The van der Waals surface area contributed by atoms with Gasteiger partial charge in [-0.3, -0.25) is 9.59 Å². The Hall–Kier alpha value is -2.15. The van der Waals surface area contributed by atoms with Crippen LogP contribution >= 0.6 is 0 Å². The first-order chi connectivity index (χ1) is 14.3. The summed E-state index contributed by atoms with van der Waals surface area (Å²) in [4.78, 5) is 26.7. The molecule has 2 saturated carbocycles. The van der Waals surface area contributed by atoms with Crippen molar-refractivity contribution in [1.82, 2.24) is 15.5 Å². The summed E-state index contributed by atoms with van der Waals surface area (Å²) in [6.07, 6.45) is 7.35. The number of amides is 2. The number of nitrogens with zero attached hydrogens (tertiary/aromatic N) is 1. The summed E-state index contributed by atoms with van der Waals surface area (Å²) in [5.41, 5.74) is 0.310. The number of likely N-dealkylation sites (N-methyl/N-ethyl adjacent to an activating group) is 1. The SMILES string of the molecule is COc1cc(F)cc(C(=O)NCC2CCC(NCC(=O)N(C)C3(C)CCC3)CC2)c1. The van der Waals surface area contributed by atoms with Gasteiger partial charge < -0.3 is 20.3 Å². The lowest BCUT2D eigenvalue weighted by molar-refractivity contribution is -0.137. The maximum absolute atomic E-state index is 13.6. The van der Waals surface area contributed by atoms with E-state index in [2.05, 4.69) is 17.6 Å². The fourth-order valence-electron chi connectivity index (χ4n) is 4.40. The summed E-state index contributed by atoms with van der Waals surface area (Å²) in [5, 5.41) is 6.33. The zero-order chi connectivity index (χ0) is 21.7. The van der Waals surface area contributed by atoms with E-state index in [4.69, 9.17) is 4.74 Å². The van der Waals surface area contributed by atoms with Crippen LogP contribution in [-0.4, -0.2) is 55.5 Å². The zero-order valence-electron chi connectivity index (χ0n) is 18.3. The first kappa shape index (κ1) is 22.5. The molecule has 0 spiro atoms. The molecule has 0 aromatic heterocycles. The topological polar surface area (TPSA) is 70.7 Å². The lowest BCUT2D eigenvalue weighted by Gasteiger charge is -2.46. The van der Waals surface area contributed by atoms with Crippen LogP contribution in [0.1, 0.15) is 62.2 Å². The molecule has 1 aromatic rings. The van der Waals surface area contributed by atoms with Gasteiger partial charge in [0, 0.05) is 36.8 Å². The van der Waals surface area contributed by atoms with Gasteiger partial charge in [-0.15, -0.1) is 0 Å². The van der Waals surface area contributed by atoms with E-state index in [-0.39, 0.29) is 22.9 Å². The van der Waals surface area contributed by atoms with Gasteiger partial charge in [-0.05, 0) is 69.9 Å². The molecule has 0 heterocycles. The summed E-state index contributed by atoms with van der Waals surface area (Å²) in [6, 6.07) is 4.35. The Labute approximate surface area is 178 Å². The molecule has 0 aliphatic heterocycles. The Kier molecular flexibility index (Phi) is 7.34. The Balaban J connectivity index is 1.37. The average molecular weight is 420 g/mol. The van der Waals surface area contributed by atoms with Crippen molar-refractivity contribution in [3.63, 3.8) is 0 Å². The summed E-state index contributed by atoms with van der Waals surface area (Å²) < 4.78 is 18.6. The number of hydrogen-bond donors (Lipinski definition) is 2. The second kappa shape index (κ2) is 9.77. The third-order valence-corrected chi connectivity index (χ3v) is 6.92. The number of methoxy groups -OCH3 is 1. The Morgan fingerprint density at radius 1 is 1.20 bits per heavy atom. The fourth-order valence-corrected chi connectivity index (χ4v) is 4.40. The van der Waals surface area contributed by atoms with Crippen LogP contribution < -0.4 is 15.4 Å². The summed E-state index contributed by atoms with van der Waals surface area (Å²) >= 11 is 0. The van der Waals surface area contributed by atoms with Crippen LogP contribution in [-0.2, 0) is 4.79 Å². The van der Waals surface area contributed by atoms with Gasteiger partial charge in [0.1, 0.15) is 11.6 Å². The highest BCUT2D eigenvalue weighted by Gasteiger charge is 2.38. The lowest BCUT2D eigenvalue weighted by Crippen LogP contribution is -2.54. The number of carbonyl (C=O) groups excluding carboxylic acids is 2. The summed E-state index contributed by atoms with van der Waals surface area (Å²) in [5.74, 6) is 0.119. The van der Waals surface area contributed by atoms with Crippen LogP contribution in [0, 0.1) is 11.7 Å². The molecule has 6 nitrogen and oxygen atoms in total. The number of hydrogen-bond acceptors (Lipinski definition) is 4. The molecule has 0 atom stereocenters. The fraction of sp³-hybridized carbons (Fsp3) is 0.652. The summed E-state index contributed by atoms with van der Waals surface area (Å²) in [6.45, 7) is 3.12. The van der Waals surface area contributed by atoms with Crippen LogP contribution in [0.2, 0.25) is 0 Å². The van der Waals surface area contributed by atoms with Gasteiger partial charge in [0.15, 0.2) is 0 Å². The van der Waals surface area contributed by atoms with Gasteiger partial charge in [0.05, 0.1) is 13.7 Å². The molecule has 2 aliphatic rings. The molecule has 0 radical (unpaired) electrons. The van der Waals surface area contributed by atoms with Gasteiger partial charge in [-0.25, -0.2) is 4.39 Å². The van der Waals surface area contributed by atoms with E-state index in [0.717, 1.165) is 38.5 Å². The van der Waals surface area contributed by atoms with Crippen molar-refractivity contribution < 1.29 is 18.7 Å². The van der Waals surface area contributed by atoms with E-state index in [1.54, 1.807) is 0 Å². The highest BCUT2D eigenvalue weighted by Crippen LogP contribution is 2.36. The van der Waals surface area contributed by atoms with E-state index in [1.165, 1.54) is 31.7 Å². The van der Waals surface area contributed by atoms with Crippen molar-refractivity contribution in [2.24, 2.45) is 5.92 Å². The molecule has 0 unspecified atom stereocenters. The minimum Gasteiger partial charge on any atom is -0.497 e. The van der Waals surface area contributed by atoms with E-state index >= 15 is 0 Å². The second-order valence-corrected chi connectivity index (χ2v) is 8.99. The van der Waals surface area contributed by atoms with Gasteiger partial charge in [-0.2, -0.15) is 0 Å². The van der Waals surface area contributed by atoms with Crippen LogP contribution in [0.15, 0.2) is 18.2 Å². The Morgan fingerprint density at radius 3 is 2.50 bits per heavy atom. The highest BCUT2D eigenvalue weighted by molar-refractivity contribution is 5.94. The average Bonchev–Trinajstić information content (AvgIpc) is 2.73. The standard InChI is InChI=1S/C23H34FN3O3/c1-23(9-4-10-23)27(2)21(28)15-25-19-7-5-16(6-8-19)14-26-22(29)17-11-18(24)13-20(12-17)30-3/h11-13,16,19,25H,4-10,14-15H2,1-3H3,(H,26,29). The molecule has 0 saturated heterocycles. The van der Waals surface area contributed by atoms with Crippen molar-refractivity contribution in [3.05, 3.63) is 29.6 Å². The number of benzene rings is 1. The molecule has 3 rings (SSSR count). The number of halogens is 1. The number of rotatable bonds is 8. The van der Waals surface area contributed by atoms with Gasteiger partial charge >= 0.3 is 0 Å². The molecule has 0 bridgehead atoms. The van der Waals surface area contributed by atoms with E-state index in [0.29, 0.717) is 30.8 Å². The summed E-state index contributed by atoms with van der Waals surface area (Å²) in [7, 11) is 3.36. The third kappa shape index (κ3) is 5.50. The molecule has 166 valence electrons. The van der Waals surface area contributed by atoms with Crippen molar-refractivity contribution in [3.8, 4) is 5.75 Å². The molecular weight excluding hydrogens is 385 g/mol. The van der Waals surface area contributed by atoms with Gasteiger partial charge in [0.25, 0.3) is 5.91 Å². The molecule has 2 N–H and O–H groups in total. The van der Waals surface area contributed by atoms with Gasteiger partial charge in [-0.1, -0.05) is 0 Å². The maximum Gasteiger partial charge on any atom is 0.251 e. The van der Waals surface area contributed by atoms with Crippen molar-refractivity contribution in [2.45, 2.75) is 63.5 Å². The van der Waals surface area contributed by atoms with Crippen molar-refractivity contribution in [2.75, 3.05) is 27.2 Å². The van der Waals surface area contributed by atoms with Gasteiger partial charge in [0.2, 0.25) is 5.91 Å². The predicted molar refractivity (Wildman–Crippen MR) is 114 cm³/mol. The second-order valence-electron chi connectivity index (χ2n) is 8.99. The Morgan fingerprint density at radius 2 is 1.90 bits per heavy atom. The lowest BCUT2D eigenvalue weighted by atomic mass is 9.77. The van der Waals surface area contributed by atoms with Crippen molar-refractivity contribution >= 4 is 11.8 Å². The van der Waals surface area contributed by atoms with Crippen LogP contribution in [0.25, 0.3) is 0 Å². The maximum atomic E-state index is 13.6. The molecular formula is C23H34FN3O3. The smallest absolute Gasteiger partial charge is 0.251 e. The Bertz CT molecular complexity index is 758. The first-order valence-corrected chi connectivity index (χ1v) is 10.9. The van der Waals surface area contributed by atoms with Crippen molar-refractivity contribution in [1.29, 1.82) is 0 Å². The molecule has 2 fully saturated rings. The normalized spacial score (nSPS) is 22.7. The molecule has 2 amide bonds.